The number of benzene rings is 2. The Bertz CT molecular complexity index is 744. The lowest BCUT2D eigenvalue weighted by molar-refractivity contribution is -0.128. The van der Waals surface area contributed by atoms with Crippen LogP contribution in [0.3, 0.4) is 0 Å². The minimum atomic E-state index is -0.0566. The van der Waals surface area contributed by atoms with Crippen LogP contribution < -0.4 is 5.32 Å². The first-order valence-corrected chi connectivity index (χ1v) is 9.01. The molecular weight excluding hydrogens is 341 g/mol. The third-order valence-corrected chi connectivity index (χ3v) is 5.16. The zero-order valence-electron chi connectivity index (χ0n) is 13.8. The molecule has 1 aliphatic heterocycles. The first-order chi connectivity index (χ1) is 11.5. The molecule has 1 heterocycles. The summed E-state index contributed by atoms with van der Waals surface area (Å²) in [6.07, 6.45) is 0.486. The van der Waals surface area contributed by atoms with Crippen LogP contribution in [0, 0.1) is 11.8 Å². The molecule has 0 saturated carbocycles. The summed E-state index contributed by atoms with van der Waals surface area (Å²) < 4.78 is 0. The predicted octanol–water partition coefficient (Wildman–Crippen LogP) is 5.61. The monoisotopic (exact) mass is 361 g/mol. The van der Waals surface area contributed by atoms with Crippen LogP contribution in [-0.4, -0.2) is 5.78 Å². The molecule has 1 N–H and O–H groups in total. The summed E-state index contributed by atoms with van der Waals surface area (Å²) in [5.41, 5.74) is 2.10. The van der Waals surface area contributed by atoms with E-state index in [0.29, 0.717) is 22.2 Å². The van der Waals surface area contributed by atoms with Gasteiger partial charge < -0.3 is 5.32 Å². The van der Waals surface area contributed by atoms with Gasteiger partial charge in [0.1, 0.15) is 5.78 Å². The quantitative estimate of drug-likeness (QED) is 0.769. The van der Waals surface area contributed by atoms with Gasteiger partial charge in [-0.05, 0) is 41.3 Å². The third-order valence-electron chi connectivity index (χ3n) is 4.69. The molecule has 126 valence electrons. The van der Waals surface area contributed by atoms with E-state index < -0.39 is 0 Å². The van der Waals surface area contributed by atoms with E-state index in [1.54, 1.807) is 0 Å². The second-order valence-corrected chi connectivity index (χ2v) is 7.62. The zero-order valence-corrected chi connectivity index (χ0v) is 15.3. The number of nitrogens with one attached hydrogen (secondary N) is 1. The molecule has 0 bridgehead atoms. The van der Waals surface area contributed by atoms with Gasteiger partial charge in [-0.2, -0.15) is 0 Å². The molecule has 0 spiro atoms. The number of ketones is 1. The maximum Gasteiger partial charge on any atom is 0.140 e. The SMILES string of the molecule is CC(C)[C@@H]1C(=O)C[C@H](c2cccc(Cl)c2)N[C@@H]1c1cccc(Cl)c1. The van der Waals surface area contributed by atoms with E-state index in [1.165, 1.54) is 0 Å². The second-order valence-electron chi connectivity index (χ2n) is 6.75. The van der Waals surface area contributed by atoms with Crippen molar-refractivity contribution >= 4 is 29.0 Å². The first kappa shape index (κ1) is 17.5. The van der Waals surface area contributed by atoms with Crippen LogP contribution in [0.4, 0.5) is 0 Å². The van der Waals surface area contributed by atoms with Crippen LogP contribution >= 0.6 is 23.2 Å². The van der Waals surface area contributed by atoms with E-state index in [2.05, 4.69) is 19.2 Å². The minimum Gasteiger partial charge on any atom is -0.302 e. The molecule has 2 aromatic rings. The lowest BCUT2D eigenvalue weighted by atomic mass is 9.75. The Balaban J connectivity index is 1.97. The number of hydrogen-bond donors (Lipinski definition) is 1. The summed E-state index contributed by atoms with van der Waals surface area (Å²) in [7, 11) is 0. The zero-order chi connectivity index (χ0) is 17.3. The highest BCUT2D eigenvalue weighted by atomic mass is 35.5. The lowest BCUT2D eigenvalue weighted by Gasteiger charge is -2.39. The summed E-state index contributed by atoms with van der Waals surface area (Å²) >= 11 is 12.3. The number of rotatable bonds is 3. The number of hydrogen-bond acceptors (Lipinski definition) is 2. The van der Waals surface area contributed by atoms with Crippen molar-refractivity contribution in [3.63, 3.8) is 0 Å². The Morgan fingerprint density at radius 2 is 1.58 bits per heavy atom. The smallest absolute Gasteiger partial charge is 0.140 e. The van der Waals surface area contributed by atoms with E-state index in [-0.39, 0.29) is 23.9 Å². The minimum absolute atomic E-state index is 0.0322. The average Bonchev–Trinajstić information content (AvgIpc) is 2.53. The van der Waals surface area contributed by atoms with E-state index in [0.717, 1.165) is 11.1 Å². The van der Waals surface area contributed by atoms with E-state index in [1.807, 2.05) is 48.5 Å². The van der Waals surface area contributed by atoms with Gasteiger partial charge in [0.2, 0.25) is 0 Å². The van der Waals surface area contributed by atoms with Gasteiger partial charge in [0.25, 0.3) is 0 Å². The van der Waals surface area contributed by atoms with Gasteiger partial charge >= 0.3 is 0 Å². The van der Waals surface area contributed by atoms with Gasteiger partial charge in [-0.15, -0.1) is 0 Å². The molecule has 2 aromatic carbocycles. The maximum atomic E-state index is 12.9. The molecule has 0 amide bonds. The van der Waals surface area contributed by atoms with Crippen LogP contribution in [0.5, 0.6) is 0 Å². The molecule has 24 heavy (non-hydrogen) atoms. The Kier molecular flexibility index (Phi) is 5.29. The van der Waals surface area contributed by atoms with Gasteiger partial charge in [-0.3, -0.25) is 4.79 Å². The molecule has 2 nitrogen and oxygen atoms in total. The average molecular weight is 362 g/mol. The van der Waals surface area contributed by atoms with Crippen molar-refractivity contribution < 1.29 is 4.79 Å². The summed E-state index contributed by atoms with van der Waals surface area (Å²) in [6, 6.07) is 15.4. The molecule has 0 aromatic heterocycles. The molecule has 0 radical (unpaired) electrons. The van der Waals surface area contributed by atoms with Crippen molar-refractivity contribution in [1.82, 2.24) is 5.32 Å². The standard InChI is InChI=1S/C20H21Cl2NO/c1-12(2)19-18(24)11-17(13-5-3-7-15(21)9-13)23-20(19)14-6-4-8-16(22)10-14/h3-10,12,17,19-20,23H,11H2,1-2H3/t17-,19-,20-/m1/s1. The number of carbonyl (C=O) groups excluding carboxylic acids is 1. The fraction of sp³-hybridized carbons (Fsp3) is 0.350. The van der Waals surface area contributed by atoms with Gasteiger partial charge in [0.05, 0.1) is 0 Å². The molecule has 1 saturated heterocycles. The Morgan fingerprint density at radius 1 is 1.00 bits per heavy atom. The van der Waals surface area contributed by atoms with Gasteiger partial charge in [-0.1, -0.05) is 61.3 Å². The number of Topliss-reactive ketones (excluding diaryl/α,β-unsaturated/α-hetero) is 1. The normalized spacial score (nSPS) is 24.4. The fourth-order valence-corrected chi connectivity index (χ4v) is 4.00. The number of carbonyl (C=O) groups is 1. The molecule has 0 aliphatic carbocycles. The molecular formula is C20H21Cl2NO. The molecule has 4 heteroatoms. The van der Waals surface area contributed by atoms with Crippen LogP contribution in [-0.2, 0) is 4.79 Å². The van der Waals surface area contributed by atoms with E-state index in [9.17, 15) is 4.79 Å². The topological polar surface area (TPSA) is 29.1 Å². The van der Waals surface area contributed by atoms with Gasteiger partial charge in [0, 0.05) is 34.5 Å². The predicted molar refractivity (Wildman–Crippen MR) is 99.5 cm³/mol. The highest BCUT2D eigenvalue weighted by molar-refractivity contribution is 6.30. The van der Waals surface area contributed by atoms with Crippen molar-refractivity contribution in [1.29, 1.82) is 0 Å². The summed E-state index contributed by atoms with van der Waals surface area (Å²) in [4.78, 5) is 12.9. The lowest BCUT2D eigenvalue weighted by Crippen LogP contribution is -2.44. The van der Waals surface area contributed by atoms with Crippen molar-refractivity contribution in [3.8, 4) is 0 Å². The Labute approximate surface area is 153 Å². The second kappa shape index (κ2) is 7.26. The summed E-state index contributed by atoms with van der Waals surface area (Å²) in [5, 5.41) is 5.04. The van der Waals surface area contributed by atoms with Crippen molar-refractivity contribution in [2.45, 2.75) is 32.4 Å². The van der Waals surface area contributed by atoms with Crippen LogP contribution in [0.25, 0.3) is 0 Å². The fourth-order valence-electron chi connectivity index (χ4n) is 3.60. The van der Waals surface area contributed by atoms with Crippen molar-refractivity contribution in [3.05, 3.63) is 69.7 Å². The van der Waals surface area contributed by atoms with Crippen LogP contribution in [0.2, 0.25) is 10.0 Å². The molecule has 0 unspecified atom stereocenters. The first-order valence-electron chi connectivity index (χ1n) is 8.25. The summed E-state index contributed by atoms with van der Waals surface area (Å²) in [5.74, 6) is 0.492. The third kappa shape index (κ3) is 3.66. The highest BCUT2D eigenvalue weighted by Crippen LogP contribution is 2.39. The maximum absolute atomic E-state index is 12.9. The van der Waals surface area contributed by atoms with Gasteiger partial charge in [-0.25, -0.2) is 0 Å². The molecule has 1 fully saturated rings. The van der Waals surface area contributed by atoms with E-state index in [4.69, 9.17) is 23.2 Å². The highest BCUT2D eigenvalue weighted by Gasteiger charge is 2.39. The molecule has 1 aliphatic rings. The Hall–Kier alpha value is -1.35. The van der Waals surface area contributed by atoms with Crippen molar-refractivity contribution in [2.24, 2.45) is 11.8 Å². The van der Waals surface area contributed by atoms with Crippen LogP contribution in [0.1, 0.15) is 43.5 Å². The van der Waals surface area contributed by atoms with Gasteiger partial charge in [0.15, 0.2) is 0 Å². The Morgan fingerprint density at radius 3 is 2.17 bits per heavy atom. The van der Waals surface area contributed by atoms with Crippen LogP contribution in [0.15, 0.2) is 48.5 Å². The van der Waals surface area contributed by atoms with E-state index >= 15 is 0 Å². The molecule has 3 atom stereocenters. The largest absolute Gasteiger partial charge is 0.302 e. The summed E-state index contributed by atoms with van der Waals surface area (Å²) in [6.45, 7) is 4.20. The number of piperidine rings is 1. The van der Waals surface area contributed by atoms with Crippen molar-refractivity contribution in [2.75, 3.05) is 0 Å². The number of halogens is 2. The molecule has 3 rings (SSSR count).